The zero-order valence-corrected chi connectivity index (χ0v) is 14.1. The summed E-state index contributed by atoms with van der Waals surface area (Å²) in [6, 6.07) is 6.64. The van der Waals surface area contributed by atoms with Gasteiger partial charge in [0.2, 0.25) is 5.91 Å². The maximum atomic E-state index is 11.3. The van der Waals surface area contributed by atoms with Gasteiger partial charge in [0.15, 0.2) is 0 Å². The third-order valence-corrected chi connectivity index (χ3v) is 4.50. The fourth-order valence-electron chi connectivity index (χ4n) is 3.09. The lowest BCUT2D eigenvalue weighted by atomic mass is 10.1. The van der Waals surface area contributed by atoms with Gasteiger partial charge in [-0.2, -0.15) is 0 Å². The van der Waals surface area contributed by atoms with E-state index < -0.39 is 0 Å². The molecule has 1 aromatic heterocycles. The van der Waals surface area contributed by atoms with Gasteiger partial charge in [0.1, 0.15) is 5.52 Å². The molecule has 0 radical (unpaired) electrons. The standard InChI is InChI=1S/C17H21N5O3/c1-13(23)21-11-9-20(10-12-21)8-7-18-15-4-5-16(22(24)25)14-3-2-6-19-17(14)15/h2-6,18H,7-12H2,1H3. The van der Waals surface area contributed by atoms with Crippen molar-refractivity contribution < 1.29 is 9.72 Å². The quantitative estimate of drug-likeness (QED) is 0.656. The van der Waals surface area contributed by atoms with Crippen molar-refractivity contribution in [3.05, 3.63) is 40.6 Å². The summed E-state index contributed by atoms with van der Waals surface area (Å²) in [4.78, 5) is 30.6. The number of piperazine rings is 1. The number of pyridine rings is 1. The zero-order chi connectivity index (χ0) is 17.8. The Labute approximate surface area is 145 Å². The normalized spacial score (nSPS) is 15.3. The number of aromatic nitrogens is 1. The van der Waals surface area contributed by atoms with Crippen molar-refractivity contribution in [2.24, 2.45) is 0 Å². The molecule has 1 aliphatic rings. The predicted molar refractivity (Wildman–Crippen MR) is 95.6 cm³/mol. The Morgan fingerprint density at radius 2 is 2.04 bits per heavy atom. The van der Waals surface area contributed by atoms with E-state index in [2.05, 4.69) is 15.2 Å². The molecule has 0 atom stereocenters. The van der Waals surface area contributed by atoms with Gasteiger partial charge < -0.3 is 10.2 Å². The van der Waals surface area contributed by atoms with Crippen molar-refractivity contribution in [1.82, 2.24) is 14.8 Å². The molecule has 1 saturated heterocycles. The van der Waals surface area contributed by atoms with Gasteiger partial charge in [0.25, 0.3) is 5.69 Å². The lowest BCUT2D eigenvalue weighted by Gasteiger charge is -2.34. The van der Waals surface area contributed by atoms with E-state index in [-0.39, 0.29) is 16.5 Å². The van der Waals surface area contributed by atoms with Gasteiger partial charge in [-0.3, -0.25) is 24.8 Å². The van der Waals surface area contributed by atoms with Crippen molar-refractivity contribution in [2.45, 2.75) is 6.92 Å². The highest BCUT2D eigenvalue weighted by molar-refractivity contribution is 5.96. The molecule has 0 unspecified atom stereocenters. The Bertz CT molecular complexity index is 787. The molecule has 1 aromatic carbocycles. The molecule has 0 bridgehead atoms. The number of nitro groups is 1. The summed E-state index contributed by atoms with van der Waals surface area (Å²) >= 11 is 0. The first-order valence-corrected chi connectivity index (χ1v) is 8.30. The molecule has 3 rings (SSSR count). The summed E-state index contributed by atoms with van der Waals surface area (Å²) in [7, 11) is 0. The van der Waals surface area contributed by atoms with Crippen LogP contribution in [0.25, 0.3) is 10.9 Å². The van der Waals surface area contributed by atoms with Crippen LogP contribution in [0.2, 0.25) is 0 Å². The summed E-state index contributed by atoms with van der Waals surface area (Å²) in [6.07, 6.45) is 1.64. The summed E-state index contributed by atoms with van der Waals surface area (Å²) in [5.41, 5.74) is 1.47. The molecule has 2 aromatic rings. The number of nitrogens with zero attached hydrogens (tertiary/aromatic N) is 4. The maximum absolute atomic E-state index is 11.3. The fourth-order valence-corrected chi connectivity index (χ4v) is 3.09. The van der Waals surface area contributed by atoms with Crippen LogP contribution in [-0.4, -0.2) is 64.9 Å². The van der Waals surface area contributed by atoms with Crippen LogP contribution < -0.4 is 5.32 Å². The van der Waals surface area contributed by atoms with Gasteiger partial charge in [-0.25, -0.2) is 0 Å². The number of anilines is 1. The van der Waals surface area contributed by atoms with Crippen LogP contribution >= 0.6 is 0 Å². The average molecular weight is 343 g/mol. The van der Waals surface area contributed by atoms with Crippen LogP contribution in [0.15, 0.2) is 30.5 Å². The third kappa shape index (κ3) is 3.85. The lowest BCUT2D eigenvalue weighted by molar-refractivity contribution is -0.383. The first-order valence-electron chi connectivity index (χ1n) is 8.30. The first kappa shape index (κ1) is 17.1. The van der Waals surface area contributed by atoms with E-state index >= 15 is 0 Å². The van der Waals surface area contributed by atoms with Crippen LogP contribution in [0, 0.1) is 10.1 Å². The fraction of sp³-hybridized carbons (Fsp3) is 0.412. The Kier molecular flexibility index (Phi) is 5.08. The number of benzene rings is 1. The van der Waals surface area contributed by atoms with Gasteiger partial charge in [-0.15, -0.1) is 0 Å². The zero-order valence-electron chi connectivity index (χ0n) is 14.1. The van der Waals surface area contributed by atoms with Crippen LogP contribution in [-0.2, 0) is 4.79 Å². The van der Waals surface area contributed by atoms with Crippen molar-refractivity contribution in [3.63, 3.8) is 0 Å². The number of amides is 1. The minimum atomic E-state index is -0.387. The molecule has 0 spiro atoms. The molecule has 1 aliphatic heterocycles. The number of non-ortho nitro benzene ring substituents is 1. The van der Waals surface area contributed by atoms with E-state index in [1.54, 1.807) is 31.3 Å². The molecule has 8 heteroatoms. The van der Waals surface area contributed by atoms with Crippen molar-refractivity contribution >= 4 is 28.2 Å². The monoisotopic (exact) mass is 343 g/mol. The molecule has 0 saturated carbocycles. The topological polar surface area (TPSA) is 91.6 Å². The Hall–Kier alpha value is -2.74. The predicted octanol–water partition coefficient (Wildman–Crippen LogP) is 1.72. The number of carbonyl (C=O) groups is 1. The minimum absolute atomic E-state index is 0.0639. The molecule has 1 fully saturated rings. The number of carbonyl (C=O) groups excluding carboxylic acids is 1. The van der Waals surface area contributed by atoms with E-state index in [0.29, 0.717) is 17.4 Å². The number of nitro benzene ring substituents is 1. The number of hydrogen-bond donors (Lipinski definition) is 1. The summed E-state index contributed by atoms with van der Waals surface area (Å²) in [6.45, 7) is 6.40. The molecule has 132 valence electrons. The molecule has 0 aliphatic carbocycles. The van der Waals surface area contributed by atoms with E-state index in [9.17, 15) is 14.9 Å². The SMILES string of the molecule is CC(=O)N1CCN(CCNc2ccc([N+](=O)[O-])c3cccnc23)CC1. The summed E-state index contributed by atoms with van der Waals surface area (Å²) in [5.74, 6) is 0.126. The highest BCUT2D eigenvalue weighted by atomic mass is 16.6. The number of fused-ring (bicyclic) bond motifs is 1. The van der Waals surface area contributed by atoms with Crippen LogP contribution in [0.5, 0.6) is 0 Å². The van der Waals surface area contributed by atoms with Crippen LogP contribution in [0.3, 0.4) is 0 Å². The average Bonchev–Trinajstić information content (AvgIpc) is 2.62. The molecule has 1 amide bonds. The highest BCUT2D eigenvalue weighted by Gasteiger charge is 2.18. The van der Waals surface area contributed by atoms with Gasteiger partial charge in [-0.1, -0.05) is 0 Å². The van der Waals surface area contributed by atoms with Crippen molar-refractivity contribution in [3.8, 4) is 0 Å². The van der Waals surface area contributed by atoms with Gasteiger partial charge in [0, 0.05) is 58.5 Å². The number of hydrogen-bond acceptors (Lipinski definition) is 6. The first-order chi connectivity index (χ1) is 12.1. The summed E-state index contributed by atoms with van der Waals surface area (Å²) < 4.78 is 0. The number of rotatable bonds is 5. The maximum Gasteiger partial charge on any atom is 0.278 e. The molecule has 25 heavy (non-hydrogen) atoms. The Morgan fingerprint density at radius 3 is 2.72 bits per heavy atom. The highest BCUT2D eigenvalue weighted by Crippen LogP contribution is 2.29. The molecule has 8 nitrogen and oxygen atoms in total. The van der Waals surface area contributed by atoms with Crippen LogP contribution in [0.1, 0.15) is 6.92 Å². The number of nitrogens with one attached hydrogen (secondary N) is 1. The van der Waals surface area contributed by atoms with Crippen molar-refractivity contribution in [1.29, 1.82) is 0 Å². The smallest absolute Gasteiger partial charge is 0.278 e. The second-order valence-electron chi connectivity index (χ2n) is 6.06. The molecule has 2 heterocycles. The van der Waals surface area contributed by atoms with Gasteiger partial charge >= 0.3 is 0 Å². The van der Waals surface area contributed by atoms with Gasteiger partial charge in [0.05, 0.1) is 16.0 Å². The third-order valence-electron chi connectivity index (χ3n) is 4.50. The Morgan fingerprint density at radius 1 is 1.28 bits per heavy atom. The van der Waals surface area contributed by atoms with E-state index in [4.69, 9.17) is 0 Å². The van der Waals surface area contributed by atoms with Gasteiger partial charge in [-0.05, 0) is 18.2 Å². The molecular formula is C17H21N5O3. The van der Waals surface area contributed by atoms with E-state index in [1.165, 1.54) is 6.07 Å². The second kappa shape index (κ2) is 7.43. The van der Waals surface area contributed by atoms with Crippen molar-refractivity contribution in [2.75, 3.05) is 44.6 Å². The van der Waals surface area contributed by atoms with Crippen LogP contribution in [0.4, 0.5) is 11.4 Å². The van der Waals surface area contributed by atoms with E-state index in [1.807, 2.05) is 4.90 Å². The molecule has 1 N–H and O–H groups in total. The summed E-state index contributed by atoms with van der Waals surface area (Å²) in [5, 5.41) is 15.0. The largest absolute Gasteiger partial charge is 0.382 e. The minimum Gasteiger partial charge on any atom is -0.382 e. The molecular weight excluding hydrogens is 322 g/mol. The Balaban J connectivity index is 1.62. The second-order valence-corrected chi connectivity index (χ2v) is 6.06. The van der Waals surface area contributed by atoms with E-state index in [0.717, 1.165) is 38.4 Å². The lowest BCUT2D eigenvalue weighted by Crippen LogP contribution is -2.49.